The number of aromatic amines is 1. The first kappa shape index (κ1) is 12.6. The van der Waals surface area contributed by atoms with Crippen molar-refractivity contribution in [1.82, 2.24) is 20.5 Å². The Morgan fingerprint density at radius 3 is 3.12 bits per heavy atom. The lowest BCUT2D eigenvalue weighted by atomic mass is 10.5. The summed E-state index contributed by atoms with van der Waals surface area (Å²) in [6, 6.07) is 0. The van der Waals surface area contributed by atoms with Crippen LogP contribution in [-0.4, -0.2) is 39.1 Å². The molecule has 0 saturated heterocycles. The molecule has 0 radical (unpaired) electrons. The molecule has 6 heteroatoms. The van der Waals surface area contributed by atoms with Crippen molar-refractivity contribution in [3.8, 4) is 12.3 Å². The van der Waals surface area contributed by atoms with Gasteiger partial charge in [-0.25, -0.2) is 4.98 Å². The lowest BCUT2D eigenvalue weighted by Crippen LogP contribution is -2.26. The summed E-state index contributed by atoms with van der Waals surface area (Å²) in [5.74, 6) is 4.63. The molecule has 0 aromatic carbocycles. The molecule has 1 aromatic heterocycles. The number of carbonyl (C=O) groups excluding carboxylic acids is 1. The molecule has 1 heterocycles. The molecule has 1 amide bonds. The number of H-pyrrole nitrogens is 1. The Kier molecular flexibility index (Phi) is 5.43. The third kappa shape index (κ3) is 3.95. The van der Waals surface area contributed by atoms with Crippen LogP contribution in [0, 0.1) is 12.3 Å². The lowest BCUT2D eigenvalue weighted by molar-refractivity contribution is 0.0946. The Bertz CT molecular complexity index is 382. The second-order valence-corrected chi connectivity index (χ2v) is 4.08. The summed E-state index contributed by atoms with van der Waals surface area (Å²) in [6.45, 7) is 2.51. The van der Waals surface area contributed by atoms with Crippen molar-refractivity contribution in [3.63, 3.8) is 0 Å². The van der Waals surface area contributed by atoms with Crippen LogP contribution >= 0.6 is 11.8 Å². The number of nitrogens with one attached hydrogen (secondary N) is 2. The highest BCUT2D eigenvalue weighted by Crippen LogP contribution is 1.96. The van der Waals surface area contributed by atoms with Crippen molar-refractivity contribution in [2.45, 2.75) is 13.3 Å². The molecule has 86 valence electrons. The molecular formula is C10H14N4OS. The maximum absolute atomic E-state index is 11.5. The fourth-order valence-electron chi connectivity index (χ4n) is 1.00. The maximum atomic E-state index is 11.5. The molecule has 1 aromatic rings. The SMILES string of the molecule is C#CCSCCNC(=O)c1n[nH]c(CC)n1. The second-order valence-electron chi connectivity index (χ2n) is 2.97. The Morgan fingerprint density at radius 1 is 1.69 bits per heavy atom. The van der Waals surface area contributed by atoms with Crippen molar-refractivity contribution >= 4 is 17.7 Å². The van der Waals surface area contributed by atoms with Gasteiger partial charge in [-0.05, 0) is 0 Å². The molecule has 16 heavy (non-hydrogen) atoms. The summed E-state index contributed by atoms with van der Waals surface area (Å²) >= 11 is 1.60. The van der Waals surface area contributed by atoms with Crippen LogP contribution in [0.5, 0.6) is 0 Å². The predicted molar refractivity (Wildman–Crippen MR) is 64.3 cm³/mol. The average molecular weight is 238 g/mol. The van der Waals surface area contributed by atoms with Crippen LogP contribution in [0.15, 0.2) is 0 Å². The first-order valence-electron chi connectivity index (χ1n) is 4.98. The van der Waals surface area contributed by atoms with Crippen LogP contribution in [0.2, 0.25) is 0 Å². The van der Waals surface area contributed by atoms with E-state index < -0.39 is 0 Å². The fourth-order valence-corrected chi connectivity index (χ4v) is 1.51. The number of thioether (sulfide) groups is 1. The normalized spacial score (nSPS) is 9.75. The van der Waals surface area contributed by atoms with E-state index in [2.05, 4.69) is 26.4 Å². The number of hydrogen-bond donors (Lipinski definition) is 2. The summed E-state index contributed by atoms with van der Waals surface area (Å²) in [4.78, 5) is 15.5. The molecule has 0 spiro atoms. The predicted octanol–water partition coefficient (Wildman–Crippen LogP) is 0.463. The van der Waals surface area contributed by atoms with E-state index in [0.29, 0.717) is 18.1 Å². The van der Waals surface area contributed by atoms with Crippen LogP contribution in [0.25, 0.3) is 0 Å². The van der Waals surface area contributed by atoms with Gasteiger partial charge in [0.05, 0.1) is 5.75 Å². The Hall–Kier alpha value is -1.48. The van der Waals surface area contributed by atoms with Gasteiger partial charge in [0.2, 0.25) is 5.82 Å². The Morgan fingerprint density at radius 2 is 2.50 bits per heavy atom. The molecule has 1 rings (SSSR count). The summed E-state index contributed by atoms with van der Waals surface area (Å²) in [5, 5.41) is 9.23. The zero-order valence-electron chi connectivity index (χ0n) is 9.12. The molecule has 0 aliphatic heterocycles. The minimum absolute atomic E-state index is 0.193. The number of nitrogens with zero attached hydrogens (tertiary/aromatic N) is 2. The zero-order chi connectivity index (χ0) is 11.8. The van der Waals surface area contributed by atoms with E-state index in [-0.39, 0.29) is 11.7 Å². The van der Waals surface area contributed by atoms with Crippen molar-refractivity contribution in [2.75, 3.05) is 18.1 Å². The molecule has 0 aliphatic rings. The second kappa shape index (κ2) is 6.90. The lowest BCUT2D eigenvalue weighted by Gasteiger charge is -2.00. The zero-order valence-corrected chi connectivity index (χ0v) is 9.93. The van der Waals surface area contributed by atoms with E-state index in [1.165, 1.54) is 0 Å². The summed E-state index contributed by atoms with van der Waals surface area (Å²) in [7, 11) is 0. The smallest absolute Gasteiger partial charge is 0.290 e. The summed E-state index contributed by atoms with van der Waals surface area (Å²) < 4.78 is 0. The van der Waals surface area contributed by atoms with Gasteiger partial charge in [-0.3, -0.25) is 9.89 Å². The minimum Gasteiger partial charge on any atom is -0.348 e. The number of amides is 1. The molecule has 0 unspecified atom stereocenters. The van der Waals surface area contributed by atoms with E-state index in [0.717, 1.165) is 12.2 Å². The largest absolute Gasteiger partial charge is 0.348 e. The van der Waals surface area contributed by atoms with Gasteiger partial charge in [-0.15, -0.1) is 23.3 Å². The average Bonchev–Trinajstić information content (AvgIpc) is 2.77. The molecule has 0 fully saturated rings. The van der Waals surface area contributed by atoms with Crippen LogP contribution in [0.3, 0.4) is 0 Å². The Labute approximate surface area is 98.8 Å². The van der Waals surface area contributed by atoms with Crippen molar-refractivity contribution in [3.05, 3.63) is 11.6 Å². The first-order valence-corrected chi connectivity index (χ1v) is 6.14. The molecule has 5 nitrogen and oxygen atoms in total. The first-order chi connectivity index (χ1) is 7.77. The quantitative estimate of drug-likeness (QED) is 0.558. The highest BCUT2D eigenvalue weighted by molar-refractivity contribution is 7.99. The van der Waals surface area contributed by atoms with Gasteiger partial charge in [0.15, 0.2) is 0 Å². The van der Waals surface area contributed by atoms with E-state index >= 15 is 0 Å². The van der Waals surface area contributed by atoms with E-state index in [4.69, 9.17) is 6.42 Å². The van der Waals surface area contributed by atoms with Crippen LogP contribution in [0.1, 0.15) is 23.4 Å². The molecule has 0 atom stereocenters. The van der Waals surface area contributed by atoms with E-state index in [1.54, 1.807) is 11.8 Å². The highest BCUT2D eigenvalue weighted by Gasteiger charge is 2.10. The number of aryl methyl sites for hydroxylation is 1. The third-order valence-corrected chi connectivity index (χ3v) is 2.65. The highest BCUT2D eigenvalue weighted by atomic mass is 32.2. The van der Waals surface area contributed by atoms with Crippen molar-refractivity contribution in [1.29, 1.82) is 0 Å². The van der Waals surface area contributed by atoms with Crippen LogP contribution < -0.4 is 5.32 Å². The van der Waals surface area contributed by atoms with Crippen molar-refractivity contribution in [2.24, 2.45) is 0 Å². The number of hydrogen-bond acceptors (Lipinski definition) is 4. The number of terminal acetylenes is 1. The molecule has 0 saturated carbocycles. The van der Waals surface area contributed by atoms with Gasteiger partial charge >= 0.3 is 0 Å². The standard InChI is InChI=1S/C10H14N4OS/c1-3-6-16-7-5-11-10(15)9-12-8(4-2)13-14-9/h1H,4-7H2,2H3,(H,11,15)(H,12,13,14). The fraction of sp³-hybridized carbons (Fsp3) is 0.500. The molecule has 0 bridgehead atoms. The Balaban J connectivity index is 2.27. The van der Waals surface area contributed by atoms with Gasteiger partial charge in [-0.2, -0.15) is 0 Å². The number of carbonyl (C=O) groups is 1. The molecular weight excluding hydrogens is 224 g/mol. The molecule has 0 aliphatic carbocycles. The minimum atomic E-state index is -0.253. The topological polar surface area (TPSA) is 70.7 Å². The molecule has 2 N–H and O–H groups in total. The summed E-state index contributed by atoms with van der Waals surface area (Å²) in [5.41, 5.74) is 0. The van der Waals surface area contributed by atoms with Gasteiger partial charge in [0.1, 0.15) is 5.82 Å². The van der Waals surface area contributed by atoms with E-state index in [1.807, 2.05) is 6.92 Å². The van der Waals surface area contributed by atoms with Crippen LogP contribution in [0.4, 0.5) is 0 Å². The van der Waals surface area contributed by atoms with E-state index in [9.17, 15) is 4.79 Å². The van der Waals surface area contributed by atoms with Gasteiger partial charge < -0.3 is 5.32 Å². The third-order valence-electron chi connectivity index (χ3n) is 1.79. The van der Waals surface area contributed by atoms with Crippen molar-refractivity contribution < 1.29 is 4.79 Å². The van der Waals surface area contributed by atoms with Gasteiger partial charge in [0, 0.05) is 18.7 Å². The van der Waals surface area contributed by atoms with Gasteiger partial charge in [-0.1, -0.05) is 12.8 Å². The van der Waals surface area contributed by atoms with Crippen LogP contribution in [-0.2, 0) is 6.42 Å². The summed E-state index contributed by atoms with van der Waals surface area (Å²) in [6.07, 6.45) is 5.83. The maximum Gasteiger partial charge on any atom is 0.290 e. The number of rotatable bonds is 6. The van der Waals surface area contributed by atoms with Gasteiger partial charge in [0.25, 0.3) is 5.91 Å². The number of aromatic nitrogens is 3. The monoisotopic (exact) mass is 238 g/mol.